The lowest BCUT2D eigenvalue weighted by molar-refractivity contribution is 0.135. The van der Waals surface area contributed by atoms with E-state index in [-0.39, 0.29) is 5.75 Å². The van der Waals surface area contributed by atoms with E-state index in [4.69, 9.17) is 0 Å². The van der Waals surface area contributed by atoms with Gasteiger partial charge in [-0.25, -0.2) is 13.4 Å². The van der Waals surface area contributed by atoms with Crippen LogP contribution in [0.15, 0.2) is 0 Å². The van der Waals surface area contributed by atoms with Gasteiger partial charge in [0, 0.05) is 32.2 Å². The smallest absolute Gasteiger partial charge is 0.224 e. The zero-order valence-electron chi connectivity index (χ0n) is 12.4. The molecule has 0 bridgehead atoms. The van der Waals surface area contributed by atoms with Gasteiger partial charge in [0.15, 0.2) is 0 Å². The van der Waals surface area contributed by atoms with Crippen molar-refractivity contribution in [2.24, 2.45) is 0 Å². The van der Waals surface area contributed by atoms with Gasteiger partial charge in [-0.05, 0) is 26.4 Å². The van der Waals surface area contributed by atoms with Crippen molar-refractivity contribution in [2.45, 2.75) is 32.7 Å². The van der Waals surface area contributed by atoms with E-state index in [2.05, 4.69) is 28.9 Å². The highest BCUT2D eigenvalue weighted by Crippen LogP contribution is 2.00. The van der Waals surface area contributed by atoms with Crippen molar-refractivity contribution >= 4 is 10.0 Å². The second-order valence-electron chi connectivity index (χ2n) is 5.52. The minimum atomic E-state index is -3.17. The van der Waals surface area contributed by atoms with E-state index in [1.54, 1.807) is 0 Å². The summed E-state index contributed by atoms with van der Waals surface area (Å²) in [6, 6.07) is 0.458. The second-order valence-corrected chi connectivity index (χ2v) is 7.34. The quantitative estimate of drug-likeness (QED) is 0.609. The van der Waals surface area contributed by atoms with Crippen molar-refractivity contribution in [1.29, 1.82) is 0 Å². The molecule has 0 aromatic rings. The van der Waals surface area contributed by atoms with Gasteiger partial charge in [0.1, 0.15) is 0 Å². The molecule has 0 radical (unpaired) electrons. The van der Waals surface area contributed by atoms with Crippen molar-refractivity contribution in [3.8, 4) is 0 Å². The number of nitrogens with one attached hydrogen (secondary N) is 2. The van der Waals surface area contributed by atoms with Crippen LogP contribution in [0.4, 0.5) is 0 Å². The zero-order chi connectivity index (χ0) is 14.3. The molecule has 7 heteroatoms. The standard InChI is InChI=1S/C12H28N4O2S/c1-12(2)13-6-4-5-11-19(17,18)14-16-9-7-15(3)8-10-16/h12-14H,4-11H2,1-3H3. The monoisotopic (exact) mass is 292 g/mol. The van der Waals surface area contributed by atoms with Crippen LogP contribution in [0.25, 0.3) is 0 Å². The molecule has 0 saturated carbocycles. The number of sulfonamides is 1. The molecule has 0 atom stereocenters. The van der Waals surface area contributed by atoms with E-state index in [1.807, 2.05) is 12.1 Å². The van der Waals surface area contributed by atoms with Crippen molar-refractivity contribution in [2.75, 3.05) is 45.5 Å². The van der Waals surface area contributed by atoms with Crippen LogP contribution in [0.2, 0.25) is 0 Å². The minimum Gasteiger partial charge on any atom is -0.315 e. The maximum absolute atomic E-state index is 11.9. The fraction of sp³-hybridized carbons (Fsp3) is 1.00. The zero-order valence-corrected chi connectivity index (χ0v) is 13.2. The molecule has 6 nitrogen and oxygen atoms in total. The van der Waals surface area contributed by atoms with E-state index < -0.39 is 10.0 Å². The van der Waals surface area contributed by atoms with E-state index in [0.717, 1.165) is 39.1 Å². The first-order valence-electron chi connectivity index (χ1n) is 7.06. The Labute approximate surface area is 117 Å². The number of hydrazine groups is 1. The Kier molecular flexibility index (Phi) is 7.23. The lowest BCUT2D eigenvalue weighted by Gasteiger charge is -2.32. The van der Waals surface area contributed by atoms with Crippen LogP contribution in [0.1, 0.15) is 26.7 Å². The Balaban J connectivity index is 2.17. The number of hydrogen-bond donors (Lipinski definition) is 2. The molecular weight excluding hydrogens is 264 g/mol. The molecule has 0 amide bonds. The van der Waals surface area contributed by atoms with Crippen molar-refractivity contribution in [1.82, 2.24) is 20.1 Å². The van der Waals surface area contributed by atoms with Gasteiger partial charge < -0.3 is 10.2 Å². The summed E-state index contributed by atoms with van der Waals surface area (Å²) in [6.45, 7) is 8.37. The maximum atomic E-state index is 11.9. The van der Waals surface area contributed by atoms with Gasteiger partial charge in [-0.3, -0.25) is 0 Å². The largest absolute Gasteiger partial charge is 0.315 e. The van der Waals surface area contributed by atoms with E-state index >= 15 is 0 Å². The summed E-state index contributed by atoms with van der Waals surface area (Å²) < 4.78 is 23.8. The van der Waals surface area contributed by atoms with Gasteiger partial charge >= 0.3 is 0 Å². The summed E-state index contributed by atoms with van der Waals surface area (Å²) in [5.41, 5.74) is 0. The average molecular weight is 292 g/mol. The van der Waals surface area contributed by atoms with Crippen molar-refractivity contribution in [3.05, 3.63) is 0 Å². The normalized spacial score (nSPS) is 19.2. The van der Waals surface area contributed by atoms with Gasteiger partial charge in [-0.2, -0.15) is 0 Å². The van der Waals surface area contributed by atoms with Gasteiger partial charge in [-0.15, -0.1) is 4.83 Å². The summed E-state index contributed by atoms with van der Waals surface area (Å²) in [6.07, 6.45) is 1.59. The lowest BCUT2D eigenvalue weighted by Crippen LogP contribution is -2.52. The van der Waals surface area contributed by atoms with Crippen LogP contribution in [-0.4, -0.2) is 69.9 Å². The number of likely N-dealkylation sites (N-methyl/N-ethyl adjacent to an activating group) is 1. The Hall–Kier alpha value is -0.210. The third-order valence-electron chi connectivity index (χ3n) is 3.16. The number of rotatable bonds is 8. The highest BCUT2D eigenvalue weighted by molar-refractivity contribution is 7.89. The molecule has 1 fully saturated rings. The Morgan fingerprint density at radius 2 is 1.74 bits per heavy atom. The molecular formula is C12H28N4O2S. The molecule has 1 aliphatic heterocycles. The van der Waals surface area contributed by atoms with E-state index in [0.29, 0.717) is 12.5 Å². The summed E-state index contributed by atoms with van der Waals surface area (Å²) in [7, 11) is -1.12. The highest BCUT2D eigenvalue weighted by Gasteiger charge is 2.19. The molecule has 0 unspecified atom stereocenters. The van der Waals surface area contributed by atoms with Crippen molar-refractivity contribution < 1.29 is 8.42 Å². The molecule has 1 saturated heterocycles. The van der Waals surface area contributed by atoms with E-state index in [1.165, 1.54) is 0 Å². The molecule has 1 rings (SSSR count). The Morgan fingerprint density at radius 3 is 2.32 bits per heavy atom. The number of hydrogen-bond acceptors (Lipinski definition) is 5. The van der Waals surface area contributed by atoms with Gasteiger partial charge in [0.2, 0.25) is 10.0 Å². The van der Waals surface area contributed by atoms with Gasteiger partial charge in [0.05, 0.1) is 5.75 Å². The molecule has 1 aliphatic rings. The maximum Gasteiger partial charge on any atom is 0.224 e. The van der Waals surface area contributed by atoms with Gasteiger partial charge in [0.25, 0.3) is 0 Å². The Bertz CT molecular complexity index is 338. The molecule has 114 valence electrons. The highest BCUT2D eigenvalue weighted by atomic mass is 32.2. The molecule has 0 spiro atoms. The molecule has 1 heterocycles. The topological polar surface area (TPSA) is 64.7 Å². The van der Waals surface area contributed by atoms with Crippen LogP contribution in [0.5, 0.6) is 0 Å². The lowest BCUT2D eigenvalue weighted by atomic mass is 10.3. The number of nitrogens with zero attached hydrogens (tertiary/aromatic N) is 2. The SMILES string of the molecule is CC(C)NCCCCS(=O)(=O)NN1CCN(C)CC1. The third-order valence-corrected chi connectivity index (χ3v) is 4.53. The number of piperazine rings is 1. The molecule has 0 aliphatic carbocycles. The average Bonchev–Trinajstić information content (AvgIpc) is 2.31. The predicted molar refractivity (Wildman–Crippen MR) is 78.4 cm³/mol. The second kappa shape index (κ2) is 8.16. The fourth-order valence-corrected chi connectivity index (χ4v) is 3.20. The van der Waals surface area contributed by atoms with E-state index in [9.17, 15) is 8.42 Å². The molecule has 2 N–H and O–H groups in total. The summed E-state index contributed by atoms with van der Waals surface area (Å²) >= 11 is 0. The summed E-state index contributed by atoms with van der Waals surface area (Å²) in [4.78, 5) is 4.87. The number of unbranched alkanes of at least 4 members (excludes halogenated alkanes) is 1. The van der Waals surface area contributed by atoms with Crippen LogP contribution >= 0.6 is 0 Å². The third kappa shape index (κ3) is 7.84. The van der Waals surface area contributed by atoms with Crippen LogP contribution in [0, 0.1) is 0 Å². The summed E-state index contributed by atoms with van der Waals surface area (Å²) in [5, 5.41) is 5.09. The van der Waals surface area contributed by atoms with Gasteiger partial charge in [-0.1, -0.05) is 13.8 Å². The summed E-state index contributed by atoms with van der Waals surface area (Å²) in [5.74, 6) is 0.207. The first kappa shape index (κ1) is 16.8. The molecule has 0 aromatic heterocycles. The van der Waals surface area contributed by atoms with Crippen molar-refractivity contribution in [3.63, 3.8) is 0 Å². The Morgan fingerprint density at radius 1 is 1.11 bits per heavy atom. The van der Waals surface area contributed by atoms with Crippen LogP contribution < -0.4 is 10.1 Å². The molecule has 19 heavy (non-hydrogen) atoms. The van der Waals surface area contributed by atoms with Crippen LogP contribution in [0.3, 0.4) is 0 Å². The first-order valence-corrected chi connectivity index (χ1v) is 8.71. The fourth-order valence-electron chi connectivity index (χ4n) is 1.95. The predicted octanol–water partition coefficient (Wildman–Crippen LogP) is -0.154. The van der Waals surface area contributed by atoms with Crippen LogP contribution in [-0.2, 0) is 10.0 Å². The molecule has 0 aromatic carbocycles. The minimum absolute atomic E-state index is 0.207. The first-order chi connectivity index (χ1) is 8.89.